The monoisotopic (exact) mass is 196 g/mol. The number of likely N-dealkylation sites (N-methyl/N-ethyl adjacent to an activating group) is 1. The first-order chi connectivity index (χ1) is 8.11. The number of rotatable bonds is 4. The van der Waals surface area contributed by atoms with E-state index < -0.39 is 6.50 Å². The van der Waals surface area contributed by atoms with Gasteiger partial charge in [-0.3, -0.25) is 0 Å². The Bertz CT molecular complexity index is 398. The molecule has 0 amide bonds. The molecule has 0 unspecified atom stereocenters. The van der Waals surface area contributed by atoms with Crippen LogP contribution in [-0.4, -0.2) is 19.8 Å². The molecule has 0 fully saturated rings. The fourth-order valence-corrected chi connectivity index (χ4v) is 1.39. The molecular formula is C11H15NO2. The SMILES string of the molecule is [2H]CC([2H])([2H])NCCc1ccc2c(c1)OCO2. The first-order valence-corrected chi connectivity index (χ1v) is 4.53. The highest BCUT2D eigenvalue weighted by atomic mass is 16.7. The molecule has 1 heterocycles. The Kier molecular flexibility index (Phi) is 1.95. The molecule has 0 radical (unpaired) electrons. The van der Waals surface area contributed by atoms with Crippen LogP contribution >= 0.6 is 0 Å². The number of ether oxygens (including phenoxy) is 2. The topological polar surface area (TPSA) is 30.5 Å². The Morgan fingerprint density at radius 2 is 2.43 bits per heavy atom. The van der Waals surface area contributed by atoms with Crippen LogP contribution in [0.4, 0.5) is 0 Å². The van der Waals surface area contributed by atoms with Crippen molar-refractivity contribution in [2.24, 2.45) is 0 Å². The molecule has 0 spiro atoms. The zero-order chi connectivity index (χ0) is 12.3. The first-order valence-electron chi connectivity index (χ1n) is 6.24. The summed E-state index contributed by atoms with van der Waals surface area (Å²) in [4.78, 5) is 0. The van der Waals surface area contributed by atoms with Gasteiger partial charge in [0.1, 0.15) is 0 Å². The zero-order valence-corrected chi connectivity index (χ0v) is 7.88. The number of fused-ring (bicyclic) bond motifs is 1. The Balaban J connectivity index is 1.88. The van der Waals surface area contributed by atoms with Crippen molar-refractivity contribution >= 4 is 0 Å². The van der Waals surface area contributed by atoms with E-state index >= 15 is 0 Å². The third kappa shape index (κ3) is 1.99. The van der Waals surface area contributed by atoms with E-state index in [9.17, 15) is 0 Å². The molecule has 76 valence electrons. The molecule has 0 saturated heterocycles. The fourth-order valence-electron chi connectivity index (χ4n) is 1.39. The third-order valence-corrected chi connectivity index (χ3v) is 2.10. The summed E-state index contributed by atoms with van der Waals surface area (Å²) in [5.74, 6) is 1.49. The molecule has 0 atom stereocenters. The van der Waals surface area contributed by atoms with Gasteiger partial charge in [0.25, 0.3) is 0 Å². The summed E-state index contributed by atoms with van der Waals surface area (Å²) < 4.78 is 32.3. The van der Waals surface area contributed by atoms with Gasteiger partial charge in [-0.25, -0.2) is 0 Å². The van der Waals surface area contributed by atoms with Crippen molar-refractivity contribution < 1.29 is 13.6 Å². The minimum Gasteiger partial charge on any atom is -0.454 e. The zero-order valence-electron chi connectivity index (χ0n) is 10.9. The predicted molar refractivity (Wildman–Crippen MR) is 54.8 cm³/mol. The summed E-state index contributed by atoms with van der Waals surface area (Å²) >= 11 is 0. The number of hydrogen-bond donors (Lipinski definition) is 1. The maximum absolute atomic E-state index is 7.39. The standard InChI is InChI=1S/C11H15NO2/c1-2-12-6-5-9-3-4-10-11(7-9)14-8-13-10/h3-4,7,12H,2,5-6,8H2,1H3/i1D,2D2. The van der Waals surface area contributed by atoms with Crippen LogP contribution in [0.15, 0.2) is 18.2 Å². The molecule has 1 N–H and O–H groups in total. The number of hydrogen-bond acceptors (Lipinski definition) is 3. The lowest BCUT2D eigenvalue weighted by atomic mass is 10.1. The van der Waals surface area contributed by atoms with Crippen LogP contribution in [0.25, 0.3) is 0 Å². The van der Waals surface area contributed by atoms with E-state index in [-0.39, 0.29) is 13.7 Å². The second-order valence-corrected chi connectivity index (χ2v) is 3.04. The average Bonchev–Trinajstić information content (AvgIpc) is 2.76. The van der Waals surface area contributed by atoms with Gasteiger partial charge < -0.3 is 14.8 Å². The van der Waals surface area contributed by atoms with Crippen LogP contribution in [0.2, 0.25) is 0 Å². The Morgan fingerprint density at radius 3 is 3.36 bits per heavy atom. The minimum atomic E-state index is -1.61. The van der Waals surface area contributed by atoms with Gasteiger partial charge in [-0.05, 0) is 37.2 Å². The van der Waals surface area contributed by atoms with E-state index in [1.807, 2.05) is 18.2 Å². The fraction of sp³-hybridized carbons (Fsp3) is 0.455. The Hall–Kier alpha value is -1.22. The van der Waals surface area contributed by atoms with Crippen molar-refractivity contribution in [3.63, 3.8) is 0 Å². The highest BCUT2D eigenvalue weighted by Crippen LogP contribution is 2.32. The first kappa shape index (κ1) is 6.30. The summed E-state index contributed by atoms with van der Waals surface area (Å²) in [7, 11) is 0. The molecule has 1 aromatic carbocycles. The van der Waals surface area contributed by atoms with Crippen LogP contribution in [0.5, 0.6) is 11.5 Å². The van der Waals surface area contributed by atoms with Gasteiger partial charge in [0.2, 0.25) is 6.79 Å². The maximum Gasteiger partial charge on any atom is 0.231 e. The predicted octanol–water partition coefficient (Wildman–Crippen LogP) is 1.57. The Morgan fingerprint density at radius 1 is 1.50 bits per heavy atom. The molecule has 0 saturated carbocycles. The normalized spacial score (nSPS) is 17.3. The summed E-state index contributed by atoms with van der Waals surface area (Å²) in [6, 6.07) is 5.70. The Labute approximate surface area is 88.2 Å². The van der Waals surface area contributed by atoms with Crippen molar-refractivity contribution in [3.05, 3.63) is 23.8 Å². The minimum absolute atomic E-state index is 0.262. The highest BCUT2D eigenvalue weighted by Gasteiger charge is 2.12. The lowest BCUT2D eigenvalue weighted by molar-refractivity contribution is 0.174. The van der Waals surface area contributed by atoms with E-state index in [1.54, 1.807) is 0 Å². The average molecular weight is 196 g/mol. The van der Waals surface area contributed by atoms with Crippen molar-refractivity contribution in [3.8, 4) is 11.5 Å². The molecule has 1 aliphatic heterocycles. The second kappa shape index (κ2) is 4.33. The van der Waals surface area contributed by atoms with Gasteiger partial charge in [-0.15, -0.1) is 0 Å². The molecule has 0 aromatic heterocycles. The van der Waals surface area contributed by atoms with Gasteiger partial charge in [0, 0.05) is 4.11 Å². The van der Waals surface area contributed by atoms with E-state index in [1.165, 1.54) is 0 Å². The van der Waals surface area contributed by atoms with E-state index in [2.05, 4.69) is 5.32 Å². The van der Waals surface area contributed by atoms with Gasteiger partial charge >= 0.3 is 0 Å². The molecule has 3 heteroatoms. The van der Waals surface area contributed by atoms with E-state index in [4.69, 9.17) is 13.6 Å². The quantitative estimate of drug-likeness (QED) is 0.793. The van der Waals surface area contributed by atoms with Crippen LogP contribution < -0.4 is 14.8 Å². The van der Waals surface area contributed by atoms with Crippen molar-refractivity contribution in [1.82, 2.24) is 5.32 Å². The molecular weight excluding hydrogens is 178 g/mol. The third-order valence-electron chi connectivity index (χ3n) is 2.10. The number of nitrogens with one attached hydrogen (secondary N) is 1. The van der Waals surface area contributed by atoms with Gasteiger partial charge in [0.05, 0.1) is 0 Å². The van der Waals surface area contributed by atoms with Crippen molar-refractivity contribution in [1.29, 1.82) is 0 Å². The summed E-state index contributed by atoms with van der Waals surface area (Å²) in [5, 5.41) is 2.70. The summed E-state index contributed by atoms with van der Waals surface area (Å²) in [5.41, 5.74) is 1.06. The second-order valence-electron chi connectivity index (χ2n) is 3.04. The molecule has 2 rings (SSSR count). The largest absolute Gasteiger partial charge is 0.454 e. The lowest BCUT2D eigenvalue weighted by Crippen LogP contribution is -2.15. The molecule has 14 heavy (non-hydrogen) atoms. The molecule has 3 nitrogen and oxygen atoms in total. The molecule has 1 aromatic rings. The van der Waals surface area contributed by atoms with E-state index in [0.717, 1.165) is 17.1 Å². The summed E-state index contributed by atoms with van der Waals surface area (Å²) in [6.07, 6.45) is 0.691. The smallest absolute Gasteiger partial charge is 0.231 e. The van der Waals surface area contributed by atoms with Gasteiger partial charge in [-0.2, -0.15) is 0 Å². The van der Waals surface area contributed by atoms with Crippen molar-refractivity contribution in [2.45, 2.75) is 13.3 Å². The van der Waals surface area contributed by atoms with Gasteiger partial charge in [0.15, 0.2) is 11.5 Å². The highest BCUT2D eigenvalue weighted by molar-refractivity contribution is 5.44. The number of benzene rings is 1. The summed E-state index contributed by atoms with van der Waals surface area (Å²) in [6.45, 7) is -1.14. The van der Waals surface area contributed by atoms with Crippen LogP contribution in [-0.2, 0) is 6.42 Å². The van der Waals surface area contributed by atoms with Crippen LogP contribution in [0.1, 0.15) is 16.6 Å². The lowest BCUT2D eigenvalue weighted by Gasteiger charge is -2.03. The van der Waals surface area contributed by atoms with Crippen molar-refractivity contribution in [2.75, 3.05) is 19.8 Å². The molecule has 0 aliphatic carbocycles. The van der Waals surface area contributed by atoms with Gasteiger partial charge in [-0.1, -0.05) is 13.0 Å². The maximum atomic E-state index is 7.39. The van der Waals surface area contributed by atoms with E-state index in [0.29, 0.717) is 13.0 Å². The van der Waals surface area contributed by atoms with Crippen LogP contribution in [0.3, 0.4) is 0 Å². The molecule has 1 aliphatic rings. The molecule has 0 bridgehead atoms. The van der Waals surface area contributed by atoms with Crippen LogP contribution in [0, 0.1) is 0 Å².